The molecule has 2 aromatic carbocycles. The monoisotopic (exact) mass is 314 g/mol. The van der Waals surface area contributed by atoms with Crippen LogP contribution in [-0.4, -0.2) is 6.03 Å². The SMILES string of the molecule is Cc1c(Cl)cccc1NC(=O)NC(c1ccccc1)C1CC1. The van der Waals surface area contributed by atoms with E-state index in [0.717, 1.165) is 29.7 Å². The van der Waals surface area contributed by atoms with Gasteiger partial charge in [0, 0.05) is 10.7 Å². The largest absolute Gasteiger partial charge is 0.331 e. The van der Waals surface area contributed by atoms with E-state index >= 15 is 0 Å². The molecule has 1 fully saturated rings. The van der Waals surface area contributed by atoms with Crippen LogP contribution in [0.1, 0.15) is 30.0 Å². The summed E-state index contributed by atoms with van der Waals surface area (Å²) in [5.74, 6) is 0.536. The van der Waals surface area contributed by atoms with Gasteiger partial charge in [0.2, 0.25) is 0 Å². The van der Waals surface area contributed by atoms with Crippen molar-refractivity contribution in [1.29, 1.82) is 0 Å². The molecule has 2 amide bonds. The van der Waals surface area contributed by atoms with E-state index in [1.165, 1.54) is 0 Å². The van der Waals surface area contributed by atoms with Crippen LogP contribution in [0.3, 0.4) is 0 Å². The standard InChI is InChI=1S/C18H19ClN2O/c1-12-15(19)8-5-9-16(12)20-18(22)21-17(14-10-11-14)13-6-3-2-4-7-13/h2-9,14,17H,10-11H2,1H3,(H2,20,21,22). The molecule has 0 saturated heterocycles. The van der Waals surface area contributed by atoms with Crippen molar-refractivity contribution in [1.82, 2.24) is 5.32 Å². The van der Waals surface area contributed by atoms with E-state index in [2.05, 4.69) is 22.8 Å². The number of nitrogens with one attached hydrogen (secondary N) is 2. The van der Waals surface area contributed by atoms with E-state index in [4.69, 9.17) is 11.6 Å². The molecule has 2 N–H and O–H groups in total. The Balaban J connectivity index is 1.71. The molecule has 0 bridgehead atoms. The lowest BCUT2D eigenvalue weighted by Crippen LogP contribution is -2.33. The number of halogens is 1. The minimum absolute atomic E-state index is 0.0701. The lowest BCUT2D eigenvalue weighted by Gasteiger charge is -2.19. The van der Waals surface area contributed by atoms with E-state index < -0.39 is 0 Å². The summed E-state index contributed by atoms with van der Waals surface area (Å²) >= 11 is 6.09. The molecule has 1 atom stereocenters. The minimum atomic E-state index is -0.189. The Kier molecular flexibility index (Phi) is 4.34. The molecule has 0 spiro atoms. The fourth-order valence-electron chi connectivity index (χ4n) is 2.61. The van der Waals surface area contributed by atoms with E-state index in [9.17, 15) is 4.79 Å². The van der Waals surface area contributed by atoms with Crippen LogP contribution >= 0.6 is 11.6 Å². The van der Waals surface area contributed by atoms with Gasteiger partial charge in [0.05, 0.1) is 6.04 Å². The zero-order valence-corrected chi connectivity index (χ0v) is 13.2. The van der Waals surface area contributed by atoms with Crippen LogP contribution < -0.4 is 10.6 Å². The fraction of sp³-hybridized carbons (Fsp3) is 0.278. The van der Waals surface area contributed by atoms with Crippen molar-refractivity contribution in [3.8, 4) is 0 Å². The van der Waals surface area contributed by atoms with Gasteiger partial charge in [0.15, 0.2) is 0 Å². The molecule has 0 heterocycles. The van der Waals surface area contributed by atoms with Gasteiger partial charge in [-0.05, 0) is 48.9 Å². The molecular weight excluding hydrogens is 296 g/mol. The van der Waals surface area contributed by atoms with E-state index in [-0.39, 0.29) is 12.1 Å². The van der Waals surface area contributed by atoms with Gasteiger partial charge < -0.3 is 10.6 Å². The number of hydrogen-bond donors (Lipinski definition) is 2. The van der Waals surface area contributed by atoms with Crippen molar-refractivity contribution in [2.45, 2.75) is 25.8 Å². The van der Waals surface area contributed by atoms with Gasteiger partial charge in [-0.2, -0.15) is 0 Å². The Labute approximate surface area is 135 Å². The first-order valence-electron chi connectivity index (χ1n) is 7.52. The Bertz CT molecular complexity index is 668. The molecule has 0 radical (unpaired) electrons. The third kappa shape index (κ3) is 3.42. The highest BCUT2D eigenvalue weighted by molar-refractivity contribution is 6.31. The normalized spacial score (nSPS) is 15.2. The second-order valence-corrected chi connectivity index (χ2v) is 6.14. The molecule has 1 aliphatic carbocycles. The Hall–Kier alpha value is -2.00. The van der Waals surface area contributed by atoms with Crippen molar-refractivity contribution in [2.75, 3.05) is 5.32 Å². The van der Waals surface area contributed by atoms with Crippen molar-refractivity contribution >= 4 is 23.3 Å². The summed E-state index contributed by atoms with van der Waals surface area (Å²) in [7, 11) is 0. The maximum atomic E-state index is 12.3. The molecule has 3 rings (SSSR count). The number of anilines is 1. The zero-order chi connectivity index (χ0) is 15.5. The van der Waals surface area contributed by atoms with Crippen molar-refractivity contribution in [3.63, 3.8) is 0 Å². The molecule has 4 heteroatoms. The lowest BCUT2D eigenvalue weighted by molar-refractivity contribution is 0.247. The van der Waals surface area contributed by atoms with Gasteiger partial charge in [-0.1, -0.05) is 48.0 Å². The molecule has 2 aromatic rings. The summed E-state index contributed by atoms with van der Waals surface area (Å²) in [5, 5.41) is 6.65. The number of urea groups is 1. The van der Waals surface area contributed by atoms with Gasteiger partial charge >= 0.3 is 6.03 Å². The number of benzene rings is 2. The van der Waals surface area contributed by atoms with Crippen LogP contribution in [0.15, 0.2) is 48.5 Å². The maximum absolute atomic E-state index is 12.3. The van der Waals surface area contributed by atoms with Gasteiger partial charge in [-0.3, -0.25) is 0 Å². The van der Waals surface area contributed by atoms with Gasteiger partial charge in [0.25, 0.3) is 0 Å². The first kappa shape index (κ1) is 14.9. The topological polar surface area (TPSA) is 41.1 Å². The van der Waals surface area contributed by atoms with E-state index in [1.54, 1.807) is 0 Å². The highest BCUT2D eigenvalue weighted by Gasteiger charge is 2.33. The van der Waals surface area contributed by atoms with Crippen LogP contribution in [0.25, 0.3) is 0 Å². The Morgan fingerprint density at radius 2 is 1.86 bits per heavy atom. The number of amides is 2. The quantitative estimate of drug-likeness (QED) is 0.826. The number of hydrogen-bond acceptors (Lipinski definition) is 1. The number of rotatable bonds is 4. The molecule has 1 aliphatic rings. The number of carbonyl (C=O) groups excluding carboxylic acids is 1. The van der Waals surface area contributed by atoms with Crippen molar-refractivity contribution in [3.05, 3.63) is 64.7 Å². The fourth-order valence-corrected chi connectivity index (χ4v) is 2.78. The maximum Gasteiger partial charge on any atom is 0.319 e. The van der Waals surface area contributed by atoms with E-state index in [0.29, 0.717) is 10.9 Å². The smallest absolute Gasteiger partial charge is 0.319 e. The predicted molar refractivity (Wildman–Crippen MR) is 90.3 cm³/mol. The first-order chi connectivity index (χ1) is 10.6. The lowest BCUT2D eigenvalue weighted by atomic mass is 10.0. The minimum Gasteiger partial charge on any atom is -0.331 e. The number of carbonyl (C=O) groups is 1. The third-order valence-corrected chi connectivity index (χ3v) is 4.46. The molecule has 3 nitrogen and oxygen atoms in total. The molecule has 114 valence electrons. The highest BCUT2D eigenvalue weighted by Crippen LogP contribution is 2.41. The van der Waals surface area contributed by atoms with Gasteiger partial charge in [-0.25, -0.2) is 4.79 Å². The van der Waals surface area contributed by atoms with Crippen LogP contribution in [0.5, 0.6) is 0 Å². The summed E-state index contributed by atoms with van der Waals surface area (Å²) in [6.45, 7) is 1.90. The molecule has 0 aromatic heterocycles. The molecule has 1 unspecified atom stereocenters. The summed E-state index contributed by atoms with van der Waals surface area (Å²) in [6.07, 6.45) is 2.33. The average molecular weight is 315 g/mol. The second kappa shape index (κ2) is 6.41. The zero-order valence-electron chi connectivity index (χ0n) is 12.5. The van der Waals surface area contributed by atoms with Crippen LogP contribution in [-0.2, 0) is 0 Å². The molecule has 1 saturated carbocycles. The Morgan fingerprint density at radius 1 is 1.14 bits per heavy atom. The van der Waals surface area contributed by atoms with Crippen molar-refractivity contribution < 1.29 is 4.79 Å². The Morgan fingerprint density at radius 3 is 2.55 bits per heavy atom. The summed E-state index contributed by atoms with van der Waals surface area (Å²) < 4.78 is 0. The third-order valence-electron chi connectivity index (χ3n) is 4.05. The summed E-state index contributed by atoms with van der Waals surface area (Å²) in [5.41, 5.74) is 2.78. The van der Waals surface area contributed by atoms with Gasteiger partial charge in [0.1, 0.15) is 0 Å². The van der Waals surface area contributed by atoms with Crippen LogP contribution in [0.4, 0.5) is 10.5 Å². The second-order valence-electron chi connectivity index (χ2n) is 5.74. The van der Waals surface area contributed by atoms with Crippen LogP contribution in [0, 0.1) is 12.8 Å². The van der Waals surface area contributed by atoms with Gasteiger partial charge in [-0.15, -0.1) is 0 Å². The van der Waals surface area contributed by atoms with E-state index in [1.807, 2.05) is 43.3 Å². The average Bonchev–Trinajstić information content (AvgIpc) is 3.35. The predicted octanol–water partition coefficient (Wildman–Crippen LogP) is 4.92. The highest BCUT2D eigenvalue weighted by atomic mass is 35.5. The van der Waals surface area contributed by atoms with Crippen molar-refractivity contribution in [2.24, 2.45) is 5.92 Å². The molecular formula is C18H19ClN2O. The molecule has 22 heavy (non-hydrogen) atoms. The summed E-state index contributed by atoms with van der Waals surface area (Å²) in [4.78, 5) is 12.3. The first-order valence-corrected chi connectivity index (χ1v) is 7.90. The van der Waals surface area contributed by atoms with Crippen LogP contribution in [0.2, 0.25) is 5.02 Å². The summed E-state index contributed by atoms with van der Waals surface area (Å²) in [6, 6.07) is 15.5. The molecule has 0 aliphatic heterocycles.